The summed E-state index contributed by atoms with van der Waals surface area (Å²) in [6.07, 6.45) is 4.67. The third kappa shape index (κ3) is 3.39. The maximum Gasteiger partial charge on any atom is 0.157 e. The van der Waals surface area contributed by atoms with Crippen molar-refractivity contribution in [2.24, 2.45) is 4.99 Å². The van der Waals surface area contributed by atoms with Gasteiger partial charge in [-0.25, -0.2) is 0 Å². The first-order chi connectivity index (χ1) is 9.92. The summed E-state index contributed by atoms with van der Waals surface area (Å²) in [5, 5.41) is 4.94. The molecule has 0 radical (unpaired) electrons. The lowest BCUT2D eigenvalue weighted by molar-refractivity contribution is 0.867. The van der Waals surface area contributed by atoms with E-state index in [4.69, 9.17) is 0 Å². The van der Waals surface area contributed by atoms with Crippen molar-refractivity contribution in [1.82, 2.24) is 10.3 Å². The summed E-state index contributed by atoms with van der Waals surface area (Å²) in [5.74, 6) is 0. The van der Waals surface area contributed by atoms with Gasteiger partial charge >= 0.3 is 0 Å². The lowest BCUT2D eigenvalue weighted by Crippen LogP contribution is -2.21. The maximum absolute atomic E-state index is 4.58. The largest absolute Gasteiger partial charge is 0.365 e. The first-order valence-electron chi connectivity index (χ1n) is 6.80. The molecule has 0 bridgehead atoms. The van der Waals surface area contributed by atoms with E-state index in [-0.39, 0.29) is 0 Å². The maximum atomic E-state index is 4.58. The highest BCUT2D eigenvalue weighted by Gasteiger charge is 2.20. The third-order valence-electron chi connectivity index (χ3n) is 3.27. The molecule has 1 atom stereocenters. The van der Waals surface area contributed by atoms with Crippen LogP contribution in [0.4, 0.5) is 0 Å². The van der Waals surface area contributed by atoms with Crippen LogP contribution in [-0.2, 0) is 6.42 Å². The third-order valence-corrected chi connectivity index (χ3v) is 4.47. The molecule has 0 aliphatic carbocycles. The van der Waals surface area contributed by atoms with Crippen molar-refractivity contribution < 1.29 is 0 Å². The molecule has 1 aromatic carbocycles. The first kappa shape index (κ1) is 13.2. The monoisotopic (exact) mass is 283 g/mol. The Morgan fingerprint density at radius 3 is 2.70 bits per heavy atom. The summed E-state index contributed by atoms with van der Waals surface area (Å²) in [7, 11) is 0. The fourth-order valence-corrected chi connectivity index (χ4v) is 3.22. The topological polar surface area (TPSA) is 37.3 Å². The second kappa shape index (κ2) is 6.57. The Hall–Kier alpha value is -1.81. The number of nitrogens with one attached hydrogen (secondary N) is 1. The van der Waals surface area contributed by atoms with Gasteiger partial charge in [-0.1, -0.05) is 42.1 Å². The molecule has 2 heterocycles. The molecule has 1 aromatic heterocycles. The molecule has 0 spiro atoms. The molecule has 0 amide bonds. The molecule has 102 valence electrons. The van der Waals surface area contributed by atoms with Gasteiger partial charge in [-0.2, -0.15) is 0 Å². The molecule has 4 heteroatoms. The minimum Gasteiger partial charge on any atom is -0.365 e. The number of thioether (sulfide) groups is 1. The second-order valence-corrected chi connectivity index (χ2v) is 5.89. The standard InChI is InChI=1S/C16H17N3S/c1-2-4-14(5-3-1)15-12-19-16(20-15)18-11-8-13-6-9-17-10-7-13/h1-7,9-10,15H,8,11-12H2,(H,18,19). The summed E-state index contributed by atoms with van der Waals surface area (Å²) < 4.78 is 0. The van der Waals surface area contributed by atoms with Crippen molar-refractivity contribution in [1.29, 1.82) is 0 Å². The van der Waals surface area contributed by atoms with Crippen molar-refractivity contribution >= 4 is 16.9 Å². The van der Waals surface area contributed by atoms with E-state index in [1.807, 2.05) is 24.2 Å². The molecule has 2 aromatic rings. The number of aromatic nitrogens is 1. The quantitative estimate of drug-likeness (QED) is 0.937. The van der Waals surface area contributed by atoms with Crippen LogP contribution in [0.2, 0.25) is 0 Å². The molecule has 0 saturated carbocycles. The van der Waals surface area contributed by atoms with Gasteiger partial charge in [-0.05, 0) is 29.7 Å². The highest BCUT2D eigenvalue weighted by Crippen LogP contribution is 2.33. The van der Waals surface area contributed by atoms with Crippen molar-refractivity contribution in [2.75, 3.05) is 13.1 Å². The number of rotatable bonds is 4. The van der Waals surface area contributed by atoms with Crippen molar-refractivity contribution in [3.63, 3.8) is 0 Å². The van der Waals surface area contributed by atoms with Gasteiger partial charge < -0.3 is 5.32 Å². The smallest absolute Gasteiger partial charge is 0.157 e. The Morgan fingerprint density at radius 2 is 1.90 bits per heavy atom. The van der Waals surface area contributed by atoms with Crippen LogP contribution in [0.1, 0.15) is 16.4 Å². The fraction of sp³-hybridized carbons (Fsp3) is 0.250. The molecule has 0 saturated heterocycles. The zero-order valence-electron chi connectivity index (χ0n) is 11.2. The minimum atomic E-state index is 0.458. The number of hydrogen-bond donors (Lipinski definition) is 1. The molecule has 1 unspecified atom stereocenters. The molecule has 3 nitrogen and oxygen atoms in total. The molecule has 1 aliphatic heterocycles. The van der Waals surface area contributed by atoms with Crippen LogP contribution in [-0.4, -0.2) is 23.2 Å². The molecular weight excluding hydrogens is 266 g/mol. The van der Waals surface area contributed by atoms with E-state index < -0.39 is 0 Å². The lowest BCUT2D eigenvalue weighted by Gasteiger charge is -2.09. The van der Waals surface area contributed by atoms with Crippen molar-refractivity contribution in [3.05, 3.63) is 66.0 Å². The van der Waals surface area contributed by atoms with E-state index in [9.17, 15) is 0 Å². The van der Waals surface area contributed by atoms with E-state index in [0.717, 1.165) is 24.7 Å². The van der Waals surface area contributed by atoms with Crippen LogP contribution in [0.25, 0.3) is 0 Å². The Kier molecular flexibility index (Phi) is 4.33. The predicted octanol–water partition coefficient (Wildman–Crippen LogP) is 3.06. The highest BCUT2D eigenvalue weighted by atomic mass is 32.2. The van der Waals surface area contributed by atoms with Crippen molar-refractivity contribution in [3.8, 4) is 0 Å². The summed E-state index contributed by atoms with van der Waals surface area (Å²) in [6, 6.07) is 14.7. The number of amidine groups is 1. The van der Waals surface area contributed by atoms with Gasteiger partial charge in [0.1, 0.15) is 0 Å². The first-order valence-corrected chi connectivity index (χ1v) is 7.68. The Labute approximate surface area is 123 Å². The minimum absolute atomic E-state index is 0.458. The van der Waals surface area contributed by atoms with Gasteiger partial charge in [0.2, 0.25) is 0 Å². The van der Waals surface area contributed by atoms with E-state index in [1.165, 1.54) is 11.1 Å². The molecular formula is C16H17N3S. The van der Waals surface area contributed by atoms with Gasteiger partial charge in [0.25, 0.3) is 0 Å². The fourth-order valence-electron chi connectivity index (χ4n) is 2.18. The van der Waals surface area contributed by atoms with E-state index in [2.05, 4.69) is 57.8 Å². The average molecular weight is 283 g/mol. The molecule has 1 N–H and O–H groups in total. The molecule has 20 heavy (non-hydrogen) atoms. The van der Waals surface area contributed by atoms with Crippen LogP contribution in [0.5, 0.6) is 0 Å². The van der Waals surface area contributed by atoms with Crippen LogP contribution in [0, 0.1) is 0 Å². The highest BCUT2D eigenvalue weighted by molar-refractivity contribution is 8.14. The number of pyridine rings is 1. The number of aliphatic imine (C=N–C) groups is 1. The van der Waals surface area contributed by atoms with Gasteiger partial charge in [0, 0.05) is 18.9 Å². The van der Waals surface area contributed by atoms with Gasteiger partial charge in [-0.15, -0.1) is 0 Å². The predicted molar refractivity (Wildman–Crippen MR) is 85.0 cm³/mol. The van der Waals surface area contributed by atoms with Gasteiger partial charge in [-0.3, -0.25) is 9.98 Å². The van der Waals surface area contributed by atoms with Crippen LogP contribution in [0.15, 0.2) is 59.9 Å². The molecule has 0 fully saturated rings. The molecule has 1 aliphatic rings. The number of nitrogens with zero attached hydrogens (tertiary/aromatic N) is 2. The van der Waals surface area contributed by atoms with E-state index in [0.29, 0.717) is 5.25 Å². The molecule has 3 rings (SSSR count). The zero-order chi connectivity index (χ0) is 13.6. The van der Waals surface area contributed by atoms with Gasteiger partial charge in [0.05, 0.1) is 11.8 Å². The zero-order valence-corrected chi connectivity index (χ0v) is 12.0. The van der Waals surface area contributed by atoms with E-state index >= 15 is 0 Å². The Bertz CT molecular complexity index is 569. The average Bonchev–Trinajstić information content (AvgIpc) is 2.98. The summed E-state index contributed by atoms with van der Waals surface area (Å²) in [4.78, 5) is 8.61. The number of hydrogen-bond acceptors (Lipinski definition) is 4. The Morgan fingerprint density at radius 1 is 1.10 bits per heavy atom. The SMILES string of the molecule is c1ccc(C2CN=C(NCCc3ccncc3)S2)cc1. The van der Waals surface area contributed by atoms with Crippen LogP contribution >= 0.6 is 11.8 Å². The van der Waals surface area contributed by atoms with Gasteiger partial charge in [0.15, 0.2) is 5.17 Å². The lowest BCUT2D eigenvalue weighted by atomic mass is 10.1. The van der Waals surface area contributed by atoms with E-state index in [1.54, 1.807) is 0 Å². The summed E-state index contributed by atoms with van der Waals surface area (Å²) in [5.41, 5.74) is 2.66. The summed E-state index contributed by atoms with van der Waals surface area (Å²) in [6.45, 7) is 1.78. The van der Waals surface area contributed by atoms with Crippen LogP contribution < -0.4 is 5.32 Å². The normalized spacial score (nSPS) is 17.8. The summed E-state index contributed by atoms with van der Waals surface area (Å²) >= 11 is 1.83. The van der Waals surface area contributed by atoms with Crippen molar-refractivity contribution in [2.45, 2.75) is 11.7 Å². The second-order valence-electron chi connectivity index (χ2n) is 4.70. The Balaban J connectivity index is 1.46. The number of benzene rings is 1. The van der Waals surface area contributed by atoms with Crippen LogP contribution in [0.3, 0.4) is 0 Å².